The maximum atomic E-state index is 13.3. The standard InChI is InChI=1S/C21H14BrNO4/c1-11(24)23-17-9-12(22)7-8-15(17)21(2,20(23)27)16-10-18(25)13-5-3-4-6-14(13)19(16)26/h3-10H,1-2H3/t21-/m0/s1. The highest BCUT2D eigenvalue weighted by Crippen LogP contribution is 2.48. The third kappa shape index (κ3) is 2.29. The Kier molecular flexibility index (Phi) is 3.78. The van der Waals surface area contributed by atoms with E-state index in [-0.39, 0.29) is 22.7 Å². The van der Waals surface area contributed by atoms with E-state index < -0.39 is 17.2 Å². The Morgan fingerprint density at radius 3 is 2.37 bits per heavy atom. The molecule has 1 heterocycles. The van der Waals surface area contributed by atoms with Crippen molar-refractivity contribution >= 4 is 45.0 Å². The van der Waals surface area contributed by atoms with Crippen LogP contribution < -0.4 is 4.90 Å². The maximum absolute atomic E-state index is 13.3. The smallest absolute Gasteiger partial charge is 0.248 e. The minimum Gasteiger partial charge on any atom is -0.289 e. The first-order chi connectivity index (χ1) is 12.8. The van der Waals surface area contributed by atoms with Gasteiger partial charge in [0.15, 0.2) is 11.6 Å². The molecule has 134 valence electrons. The molecule has 1 atom stereocenters. The lowest BCUT2D eigenvalue weighted by Gasteiger charge is -2.28. The van der Waals surface area contributed by atoms with Crippen LogP contribution in [-0.4, -0.2) is 23.4 Å². The van der Waals surface area contributed by atoms with Crippen molar-refractivity contribution in [3.05, 3.63) is 75.3 Å². The van der Waals surface area contributed by atoms with Crippen molar-refractivity contribution in [2.75, 3.05) is 4.90 Å². The quantitative estimate of drug-likeness (QED) is 0.702. The Balaban J connectivity index is 1.97. The topological polar surface area (TPSA) is 71.5 Å². The number of fused-ring (bicyclic) bond motifs is 2. The second kappa shape index (κ2) is 5.82. The molecule has 1 aliphatic heterocycles. The summed E-state index contributed by atoms with van der Waals surface area (Å²) in [6.07, 6.45) is 1.23. The number of benzene rings is 2. The van der Waals surface area contributed by atoms with E-state index in [1.54, 1.807) is 49.4 Å². The second-order valence-corrected chi connectivity index (χ2v) is 7.66. The number of rotatable bonds is 1. The van der Waals surface area contributed by atoms with Gasteiger partial charge in [-0.05, 0) is 30.7 Å². The van der Waals surface area contributed by atoms with Crippen LogP contribution in [0.4, 0.5) is 5.69 Å². The number of hydrogen-bond donors (Lipinski definition) is 0. The van der Waals surface area contributed by atoms with Crippen molar-refractivity contribution in [1.82, 2.24) is 0 Å². The van der Waals surface area contributed by atoms with Crippen molar-refractivity contribution in [1.29, 1.82) is 0 Å². The molecule has 2 aromatic carbocycles. The van der Waals surface area contributed by atoms with Gasteiger partial charge in [-0.25, -0.2) is 4.90 Å². The number of imide groups is 1. The predicted molar refractivity (Wildman–Crippen MR) is 103 cm³/mol. The fourth-order valence-corrected chi connectivity index (χ4v) is 4.17. The molecule has 0 radical (unpaired) electrons. The Labute approximate surface area is 163 Å². The van der Waals surface area contributed by atoms with Crippen LogP contribution in [0.2, 0.25) is 0 Å². The lowest BCUT2D eigenvalue weighted by Crippen LogP contribution is -2.44. The molecular formula is C21H14BrNO4. The van der Waals surface area contributed by atoms with Crippen molar-refractivity contribution in [3.63, 3.8) is 0 Å². The van der Waals surface area contributed by atoms with Crippen molar-refractivity contribution in [2.45, 2.75) is 19.3 Å². The summed E-state index contributed by atoms with van der Waals surface area (Å²) in [5, 5.41) is 0. The van der Waals surface area contributed by atoms with Crippen molar-refractivity contribution < 1.29 is 19.2 Å². The third-order valence-corrected chi connectivity index (χ3v) is 5.67. The molecule has 0 saturated carbocycles. The van der Waals surface area contributed by atoms with Crippen LogP contribution in [0.3, 0.4) is 0 Å². The molecular weight excluding hydrogens is 410 g/mol. The molecule has 0 fully saturated rings. The molecule has 0 N–H and O–H groups in total. The Hall–Kier alpha value is -2.86. The highest BCUT2D eigenvalue weighted by Gasteiger charge is 2.54. The number of carbonyl (C=O) groups is 4. The number of hydrogen-bond acceptors (Lipinski definition) is 4. The van der Waals surface area contributed by atoms with E-state index >= 15 is 0 Å². The number of ketones is 2. The van der Waals surface area contributed by atoms with Gasteiger partial charge in [0, 0.05) is 28.1 Å². The van der Waals surface area contributed by atoms with Crippen LogP contribution in [-0.2, 0) is 15.0 Å². The lowest BCUT2D eigenvalue weighted by atomic mass is 9.71. The van der Waals surface area contributed by atoms with E-state index in [2.05, 4.69) is 15.9 Å². The summed E-state index contributed by atoms with van der Waals surface area (Å²) in [5.41, 5.74) is 0.210. The van der Waals surface area contributed by atoms with Crippen molar-refractivity contribution in [2.24, 2.45) is 0 Å². The molecule has 0 saturated heterocycles. The number of halogens is 1. The lowest BCUT2D eigenvalue weighted by molar-refractivity contribution is -0.127. The van der Waals surface area contributed by atoms with Gasteiger partial charge in [-0.2, -0.15) is 0 Å². The maximum Gasteiger partial charge on any atom is 0.248 e. The molecule has 0 unspecified atom stereocenters. The van der Waals surface area contributed by atoms with Crippen LogP contribution in [0.5, 0.6) is 0 Å². The van der Waals surface area contributed by atoms with E-state index in [4.69, 9.17) is 0 Å². The minimum absolute atomic E-state index is 0.0866. The Morgan fingerprint density at radius 1 is 1.04 bits per heavy atom. The predicted octanol–water partition coefficient (Wildman–Crippen LogP) is 3.61. The number of allylic oxidation sites excluding steroid dienone is 1. The number of carbonyl (C=O) groups excluding carboxylic acids is 4. The van der Waals surface area contributed by atoms with Gasteiger partial charge in [-0.15, -0.1) is 0 Å². The van der Waals surface area contributed by atoms with E-state index in [1.807, 2.05) is 0 Å². The number of Topliss-reactive ketones (excluding diaryl/α,β-unsaturated/α-hetero) is 1. The molecule has 2 aromatic rings. The summed E-state index contributed by atoms with van der Waals surface area (Å²) < 4.78 is 0.704. The zero-order chi connectivity index (χ0) is 19.5. The average molecular weight is 424 g/mol. The van der Waals surface area contributed by atoms with E-state index in [9.17, 15) is 19.2 Å². The molecule has 2 amide bonds. The van der Waals surface area contributed by atoms with Gasteiger partial charge < -0.3 is 0 Å². The van der Waals surface area contributed by atoms with E-state index in [0.29, 0.717) is 21.3 Å². The van der Waals surface area contributed by atoms with Crippen LogP contribution in [0.1, 0.15) is 40.1 Å². The zero-order valence-corrected chi connectivity index (χ0v) is 16.2. The van der Waals surface area contributed by atoms with Gasteiger partial charge in [-0.3, -0.25) is 19.2 Å². The third-order valence-electron chi connectivity index (χ3n) is 5.18. The molecule has 5 nitrogen and oxygen atoms in total. The molecule has 27 heavy (non-hydrogen) atoms. The fraction of sp³-hybridized carbons (Fsp3) is 0.143. The van der Waals surface area contributed by atoms with Crippen LogP contribution in [0.15, 0.2) is 58.6 Å². The van der Waals surface area contributed by atoms with Gasteiger partial charge >= 0.3 is 0 Å². The molecule has 2 aliphatic rings. The zero-order valence-electron chi connectivity index (χ0n) is 14.6. The van der Waals surface area contributed by atoms with Crippen molar-refractivity contribution in [3.8, 4) is 0 Å². The normalized spacial score (nSPS) is 21.1. The summed E-state index contributed by atoms with van der Waals surface area (Å²) in [6.45, 7) is 2.89. The molecule has 6 heteroatoms. The van der Waals surface area contributed by atoms with Gasteiger partial charge in [0.25, 0.3) is 0 Å². The monoisotopic (exact) mass is 423 g/mol. The van der Waals surface area contributed by atoms with Crippen LogP contribution in [0.25, 0.3) is 0 Å². The van der Waals surface area contributed by atoms with E-state index in [0.717, 1.165) is 4.90 Å². The molecule has 0 aromatic heterocycles. The number of amides is 2. The molecule has 4 rings (SSSR count). The van der Waals surface area contributed by atoms with Gasteiger partial charge in [0.1, 0.15) is 5.41 Å². The van der Waals surface area contributed by atoms with Gasteiger partial charge in [-0.1, -0.05) is 46.3 Å². The first-order valence-electron chi connectivity index (χ1n) is 8.32. The van der Waals surface area contributed by atoms with Crippen LogP contribution >= 0.6 is 15.9 Å². The minimum atomic E-state index is -1.41. The summed E-state index contributed by atoms with van der Waals surface area (Å²) >= 11 is 3.35. The number of anilines is 1. The Morgan fingerprint density at radius 2 is 1.70 bits per heavy atom. The molecule has 1 aliphatic carbocycles. The van der Waals surface area contributed by atoms with Gasteiger partial charge in [0.2, 0.25) is 11.8 Å². The van der Waals surface area contributed by atoms with Gasteiger partial charge in [0.05, 0.1) is 5.69 Å². The summed E-state index contributed by atoms with van der Waals surface area (Å²) in [4.78, 5) is 52.3. The average Bonchev–Trinajstić information content (AvgIpc) is 2.85. The van der Waals surface area contributed by atoms with E-state index in [1.165, 1.54) is 13.0 Å². The summed E-state index contributed by atoms with van der Waals surface area (Å²) in [5.74, 6) is -1.68. The first kappa shape index (κ1) is 17.5. The van der Waals surface area contributed by atoms with Crippen LogP contribution in [0, 0.1) is 0 Å². The molecule has 0 spiro atoms. The second-order valence-electron chi connectivity index (χ2n) is 6.74. The molecule has 0 bridgehead atoms. The SMILES string of the molecule is CC(=O)N1C(=O)[C@](C)(C2=CC(=O)c3ccccc3C2=O)c2ccc(Br)cc21. The summed E-state index contributed by atoms with van der Waals surface area (Å²) in [6, 6.07) is 11.7. The highest BCUT2D eigenvalue weighted by molar-refractivity contribution is 9.10. The number of nitrogens with zero attached hydrogens (tertiary/aromatic N) is 1. The Bertz CT molecular complexity index is 1100. The summed E-state index contributed by atoms with van der Waals surface area (Å²) in [7, 11) is 0. The fourth-order valence-electron chi connectivity index (χ4n) is 3.82. The highest BCUT2D eigenvalue weighted by atomic mass is 79.9. The first-order valence-corrected chi connectivity index (χ1v) is 9.11. The largest absolute Gasteiger partial charge is 0.289 e.